The van der Waals surface area contributed by atoms with Crippen LogP contribution in [0.25, 0.3) is 0 Å². The Morgan fingerprint density at radius 1 is 1.44 bits per heavy atom. The summed E-state index contributed by atoms with van der Waals surface area (Å²) in [6, 6.07) is 0. The van der Waals surface area contributed by atoms with Gasteiger partial charge in [-0.05, 0) is 6.42 Å². The van der Waals surface area contributed by atoms with Crippen molar-refractivity contribution >= 4 is 51.3 Å². The summed E-state index contributed by atoms with van der Waals surface area (Å²) in [5, 5.41) is 0. The van der Waals surface area contributed by atoms with Crippen molar-refractivity contribution < 1.29 is 13.0 Å². The van der Waals surface area contributed by atoms with Gasteiger partial charge >= 0.3 is 29.6 Å². The minimum absolute atomic E-state index is 0. The third kappa shape index (κ3) is 12.4. The summed E-state index contributed by atoms with van der Waals surface area (Å²) in [7, 11) is -3.77. The first-order valence-corrected chi connectivity index (χ1v) is 4.22. The van der Waals surface area contributed by atoms with E-state index < -0.39 is 10.1 Å². The van der Waals surface area contributed by atoms with Gasteiger partial charge in [-0.15, -0.1) is 11.6 Å². The fourth-order valence-electron chi connectivity index (χ4n) is 0.237. The molecule has 0 rings (SSSR count). The van der Waals surface area contributed by atoms with Gasteiger partial charge in [-0.2, -0.15) is 8.42 Å². The number of hydrogen-bond donors (Lipinski definition) is 1. The SMILES string of the molecule is O=S(=O)(O)CCCCl.[NaH]. The van der Waals surface area contributed by atoms with E-state index in [4.69, 9.17) is 16.2 Å². The molecular weight excluding hydrogens is 175 g/mol. The number of hydrogen-bond acceptors (Lipinski definition) is 2. The zero-order valence-corrected chi connectivity index (χ0v) is 5.74. The molecule has 0 aromatic rings. The van der Waals surface area contributed by atoms with Gasteiger partial charge < -0.3 is 0 Å². The second-order valence-corrected chi connectivity index (χ2v) is 3.28. The van der Waals surface area contributed by atoms with Crippen LogP contribution in [-0.2, 0) is 10.1 Å². The van der Waals surface area contributed by atoms with Crippen molar-refractivity contribution in [2.45, 2.75) is 6.42 Å². The molecular formula is C3H8ClNaO3S. The van der Waals surface area contributed by atoms with Crippen molar-refractivity contribution in [2.75, 3.05) is 11.6 Å². The van der Waals surface area contributed by atoms with Gasteiger partial charge in [-0.3, -0.25) is 4.55 Å². The van der Waals surface area contributed by atoms with Crippen LogP contribution in [-0.4, -0.2) is 54.2 Å². The van der Waals surface area contributed by atoms with E-state index >= 15 is 0 Å². The Morgan fingerprint density at radius 2 is 1.89 bits per heavy atom. The molecule has 0 radical (unpaired) electrons. The van der Waals surface area contributed by atoms with Gasteiger partial charge in [0.15, 0.2) is 0 Å². The summed E-state index contributed by atoms with van der Waals surface area (Å²) in [5.74, 6) is 0.0241. The van der Waals surface area contributed by atoms with Gasteiger partial charge in [0.1, 0.15) is 0 Å². The normalized spacial score (nSPS) is 10.4. The van der Waals surface area contributed by atoms with Gasteiger partial charge in [-0.25, -0.2) is 0 Å². The van der Waals surface area contributed by atoms with E-state index in [-0.39, 0.29) is 41.2 Å². The van der Waals surface area contributed by atoms with Crippen molar-refractivity contribution in [2.24, 2.45) is 0 Å². The van der Waals surface area contributed by atoms with Gasteiger partial charge in [0, 0.05) is 5.88 Å². The molecule has 0 aliphatic rings. The van der Waals surface area contributed by atoms with Crippen LogP contribution >= 0.6 is 11.6 Å². The van der Waals surface area contributed by atoms with Crippen LogP contribution in [0.3, 0.4) is 0 Å². The third-order valence-corrected chi connectivity index (χ3v) is 1.61. The summed E-state index contributed by atoms with van der Waals surface area (Å²) in [5.41, 5.74) is 0. The Kier molecular flexibility index (Phi) is 8.48. The van der Waals surface area contributed by atoms with Crippen molar-refractivity contribution in [3.63, 3.8) is 0 Å². The van der Waals surface area contributed by atoms with Crippen LogP contribution in [0.5, 0.6) is 0 Å². The molecule has 1 N–H and O–H groups in total. The van der Waals surface area contributed by atoms with E-state index in [0.717, 1.165) is 0 Å². The Morgan fingerprint density at radius 3 is 2.00 bits per heavy atom. The molecule has 0 aromatic heterocycles. The first-order valence-electron chi connectivity index (χ1n) is 2.07. The van der Waals surface area contributed by atoms with E-state index in [0.29, 0.717) is 6.42 Å². The summed E-state index contributed by atoms with van der Waals surface area (Å²) >= 11 is 5.13. The molecule has 52 valence electrons. The van der Waals surface area contributed by atoms with Crippen molar-refractivity contribution in [1.29, 1.82) is 0 Å². The van der Waals surface area contributed by atoms with E-state index in [1.54, 1.807) is 0 Å². The Bertz CT molecular complexity index is 143. The number of rotatable bonds is 3. The zero-order valence-electron chi connectivity index (χ0n) is 4.17. The third-order valence-electron chi connectivity index (χ3n) is 0.536. The second kappa shape index (κ2) is 5.95. The van der Waals surface area contributed by atoms with Crippen LogP contribution in [0.1, 0.15) is 6.42 Å². The molecule has 0 spiro atoms. The predicted octanol–water partition coefficient (Wildman–Crippen LogP) is -0.145. The van der Waals surface area contributed by atoms with Crippen LogP contribution < -0.4 is 0 Å². The van der Waals surface area contributed by atoms with E-state index in [9.17, 15) is 8.42 Å². The molecule has 0 bridgehead atoms. The summed E-state index contributed by atoms with van der Waals surface area (Å²) < 4.78 is 27.8. The zero-order chi connectivity index (χ0) is 6.62. The van der Waals surface area contributed by atoms with Gasteiger partial charge in [0.05, 0.1) is 5.75 Å². The maximum atomic E-state index is 9.89. The molecule has 0 amide bonds. The molecule has 0 saturated heterocycles. The average molecular weight is 183 g/mol. The van der Waals surface area contributed by atoms with E-state index in [2.05, 4.69) is 0 Å². The molecule has 6 heteroatoms. The first-order chi connectivity index (χ1) is 3.56. The van der Waals surface area contributed by atoms with Crippen LogP contribution in [0.4, 0.5) is 0 Å². The Labute approximate surface area is 81.8 Å². The molecule has 0 heterocycles. The molecule has 0 atom stereocenters. The molecule has 0 unspecified atom stereocenters. The fourth-order valence-corrected chi connectivity index (χ4v) is 1.04. The van der Waals surface area contributed by atoms with Crippen molar-refractivity contribution in [3.8, 4) is 0 Å². The molecule has 0 saturated carbocycles. The van der Waals surface area contributed by atoms with Crippen LogP contribution in [0.15, 0.2) is 0 Å². The molecule has 0 aromatic carbocycles. The van der Waals surface area contributed by atoms with Gasteiger partial charge in [-0.1, -0.05) is 0 Å². The van der Waals surface area contributed by atoms with Crippen molar-refractivity contribution in [1.82, 2.24) is 0 Å². The van der Waals surface area contributed by atoms with Crippen LogP contribution in [0, 0.1) is 0 Å². The standard InChI is InChI=1S/C3H7ClO3S.Na.H/c4-2-1-3-8(5,6)7;;/h1-3H2,(H,5,6,7);;. The van der Waals surface area contributed by atoms with Gasteiger partial charge in [0.2, 0.25) is 0 Å². The Balaban J connectivity index is 0. The monoisotopic (exact) mass is 182 g/mol. The summed E-state index contributed by atoms with van der Waals surface area (Å²) in [4.78, 5) is 0. The molecule has 3 nitrogen and oxygen atoms in total. The molecule has 0 aliphatic carbocycles. The van der Waals surface area contributed by atoms with Gasteiger partial charge in [0.25, 0.3) is 10.1 Å². The summed E-state index contributed by atoms with van der Waals surface area (Å²) in [6.45, 7) is 0. The fraction of sp³-hybridized carbons (Fsp3) is 1.00. The number of halogens is 1. The number of alkyl halides is 1. The van der Waals surface area contributed by atoms with E-state index in [1.165, 1.54) is 0 Å². The second-order valence-electron chi connectivity index (χ2n) is 1.33. The van der Waals surface area contributed by atoms with Crippen molar-refractivity contribution in [3.05, 3.63) is 0 Å². The van der Waals surface area contributed by atoms with Crippen LogP contribution in [0.2, 0.25) is 0 Å². The molecule has 9 heavy (non-hydrogen) atoms. The predicted molar refractivity (Wildman–Crippen MR) is 38.9 cm³/mol. The van der Waals surface area contributed by atoms with E-state index in [1.807, 2.05) is 0 Å². The molecule has 0 aliphatic heterocycles. The molecule has 0 fully saturated rings. The average Bonchev–Trinajstić information content (AvgIpc) is 1.59. The quantitative estimate of drug-likeness (QED) is 0.375. The minimum atomic E-state index is -3.77. The maximum absolute atomic E-state index is 9.89. The Hall–Kier alpha value is 1.20. The topological polar surface area (TPSA) is 54.4 Å². The summed E-state index contributed by atoms with van der Waals surface area (Å²) in [6.07, 6.45) is 0.306. The first kappa shape index (κ1) is 12.8.